The number of benzene rings is 1. The lowest BCUT2D eigenvalue weighted by molar-refractivity contribution is 0.314. The van der Waals surface area contributed by atoms with Crippen LogP contribution in [-0.2, 0) is 0 Å². The second-order valence-electron chi connectivity index (χ2n) is 6.02. The maximum atomic E-state index is 5.60. The van der Waals surface area contributed by atoms with Crippen molar-refractivity contribution in [1.82, 2.24) is 5.32 Å². The van der Waals surface area contributed by atoms with Gasteiger partial charge in [-0.15, -0.1) is 0 Å². The van der Waals surface area contributed by atoms with Crippen LogP contribution in [0, 0.1) is 5.41 Å². The number of rotatable bonds is 6. The summed E-state index contributed by atoms with van der Waals surface area (Å²) in [5.74, 6) is 0.964. The molecule has 102 valence electrons. The van der Waals surface area contributed by atoms with Crippen LogP contribution in [0.15, 0.2) is 24.3 Å². The van der Waals surface area contributed by atoms with E-state index in [-0.39, 0.29) is 0 Å². The highest BCUT2D eigenvalue weighted by Gasteiger charge is 2.18. The third kappa shape index (κ3) is 5.09. The average molecular weight is 249 g/mol. The van der Waals surface area contributed by atoms with Gasteiger partial charge in [0.25, 0.3) is 0 Å². The minimum absolute atomic E-state index is 0.324. The zero-order chi connectivity index (χ0) is 13.6. The van der Waals surface area contributed by atoms with Crippen molar-refractivity contribution in [3.05, 3.63) is 29.8 Å². The van der Waals surface area contributed by atoms with Crippen LogP contribution in [-0.4, -0.2) is 13.7 Å². The summed E-state index contributed by atoms with van der Waals surface area (Å²) in [5.41, 5.74) is 1.65. The van der Waals surface area contributed by atoms with E-state index < -0.39 is 0 Å². The maximum absolute atomic E-state index is 5.60. The molecule has 0 saturated heterocycles. The molecule has 0 amide bonds. The Morgan fingerprint density at radius 1 is 1.17 bits per heavy atom. The van der Waals surface area contributed by atoms with Gasteiger partial charge < -0.3 is 10.1 Å². The van der Waals surface area contributed by atoms with Gasteiger partial charge in [-0.3, -0.25) is 0 Å². The van der Waals surface area contributed by atoms with Gasteiger partial charge in [0.15, 0.2) is 0 Å². The molecule has 1 rings (SSSR count). The van der Waals surface area contributed by atoms with E-state index >= 15 is 0 Å². The van der Waals surface area contributed by atoms with Crippen LogP contribution in [0.3, 0.4) is 0 Å². The Bertz CT molecular complexity index is 337. The summed E-state index contributed by atoms with van der Waals surface area (Å²) < 4.78 is 5.60. The molecule has 1 aromatic rings. The molecule has 0 aliphatic heterocycles. The highest BCUT2D eigenvalue weighted by atomic mass is 16.5. The van der Waals surface area contributed by atoms with E-state index in [4.69, 9.17) is 4.74 Å². The van der Waals surface area contributed by atoms with Crippen LogP contribution in [0.2, 0.25) is 0 Å². The van der Waals surface area contributed by atoms with E-state index in [9.17, 15) is 0 Å². The Hall–Kier alpha value is -1.02. The quantitative estimate of drug-likeness (QED) is 0.817. The van der Waals surface area contributed by atoms with Gasteiger partial charge in [-0.2, -0.15) is 0 Å². The molecule has 1 unspecified atom stereocenters. The monoisotopic (exact) mass is 249 g/mol. The molecular weight excluding hydrogens is 222 g/mol. The Morgan fingerprint density at radius 2 is 1.78 bits per heavy atom. The first kappa shape index (κ1) is 15.0. The topological polar surface area (TPSA) is 21.3 Å². The van der Waals surface area contributed by atoms with Crippen molar-refractivity contribution >= 4 is 0 Å². The molecule has 0 radical (unpaired) electrons. The molecule has 1 atom stereocenters. The van der Waals surface area contributed by atoms with Crippen LogP contribution in [0.25, 0.3) is 0 Å². The number of hydrogen-bond acceptors (Lipinski definition) is 2. The van der Waals surface area contributed by atoms with Gasteiger partial charge in [0.05, 0.1) is 6.61 Å². The summed E-state index contributed by atoms with van der Waals surface area (Å²) >= 11 is 0. The second kappa shape index (κ2) is 6.79. The van der Waals surface area contributed by atoms with Crippen molar-refractivity contribution in [2.24, 2.45) is 5.41 Å². The summed E-state index contributed by atoms with van der Waals surface area (Å²) in [6.07, 6.45) is 2.17. The SMILES string of the molecule is CCCOc1ccc(C(CC(C)(C)C)NC)cc1. The van der Waals surface area contributed by atoms with E-state index in [1.807, 2.05) is 7.05 Å². The van der Waals surface area contributed by atoms with Crippen LogP contribution >= 0.6 is 0 Å². The molecule has 0 saturated carbocycles. The molecule has 2 nitrogen and oxygen atoms in total. The molecule has 0 fully saturated rings. The normalized spacial score (nSPS) is 13.4. The molecular formula is C16H27NO. The summed E-state index contributed by atoms with van der Waals surface area (Å²) in [4.78, 5) is 0. The fourth-order valence-corrected chi connectivity index (χ4v) is 2.02. The van der Waals surface area contributed by atoms with Crippen LogP contribution in [0.5, 0.6) is 5.75 Å². The van der Waals surface area contributed by atoms with Gasteiger partial charge in [0.2, 0.25) is 0 Å². The van der Waals surface area contributed by atoms with Crippen LogP contribution in [0.1, 0.15) is 52.1 Å². The second-order valence-corrected chi connectivity index (χ2v) is 6.02. The third-order valence-electron chi connectivity index (χ3n) is 2.92. The van der Waals surface area contributed by atoms with E-state index in [0.717, 1.165) is 25.2 Å². The Balaban J connectivity index is 2.69. The molecule has 0 aromatic heterocycles. The number of nitrogens with one attached hydrogen (secondary N) is 1. The lowest BCUT2D eigenvalue weighted by Crippen LogP contribution is -2.22. The first-order valence-electron chi connectivity index (χ1n) is 6.86. The highest BCUT2D eigenvalue weighted by molar-refractivity contribution is 5.29. The lowest BCUT2D eigenvalue weighted by atomic mass is 9.85. The molecule has 1 N–H and O–H groups in total. The zero-order valence-corrected chi connectivity index (χ0v) is 12.4. The fraction of sp³-hybridized carbons (Fsp3) is 0.625. The van der Waals surface area contributed by atoms with E-state index in [0.29, 0.717) is 11.5 Å². The fourth-order valence-electron chi connectivity index (χ4n) is 2.02. The minimum atomic E-state index is 0.324. The van der Waals surface area contributed by atoms with Crippen LogP contribution in [0.4, 0.5) is 0 Å². The van der Waals surface area contributed by atoms with Crippen molar-refractivity contribution in [2.45, 2.75) is 46.6 Å². The molecule has 0 spiro atoms. The van der Waals surface area contributed by atoms with Gasteiger partial charge in [-0.05, 0) is 43.0 Å². The van der Waals surface area contributed by atoms with Gasteiger partial charge >= 0.3 is 0 Å². The molecule has 0 heterocycles. The summed E-state index contributed by atoms with van der Waals surface area (Å²) in [7, 11) is 2.03. The van der Waals surface area contributed by atoms with Gasteiger partial charge in [0.1, 0.15) is 5.75 Å². The third-order valence-corrected chi connectivity index (χ3v) is 2.92. The molecule has 0 aliphatic carbocycles. The van der Waals surface area contributed by atoms with Crippen molar-refractivity contribution in [3.8, 4) is 5.75 Å². The summed E-state index contributed by atoms with van der Waals surface area (Å²) in [6.45, 7) is 9.73. The molecule has 1 aromatic carbocycles. The van der Waals surface area contributed by atoms with Crippen molar-refractivity contribution in [3.63, 3.8) is 0 Å². The highest BCUT2D eigenvalue weighted by Crippen LogP contribution is 2.29. The van der Waals surface area contributed by atoms with Crippen molar-refractivity contribution < 1.29 is 4.74 Å². The minimum Gasteiger partial charge on any atom is -0.494 e. The van der Waals surface area contributed by atoms with Crippen LogP contribution < -0.4 is 10.1 Å². The van der Waals surface area contributed by atoms with Gasteiger partial charge in [-0.1, -0.05) is 39.8 Å². The van der Waals surface area contributed by atoms with E-state index in [2.05, 4.69) is 57.3 Å². The Morgan fingerprint density at radius 3 is 2.22 bits per heavy atom. The largest absolute Gasteiger partial charge is 0.494 e. The maximum Gasteiger partial charge on any atom is 0.119 e. The van der Waals surface area contributed by atoms with Gasteiger partial charge in [-0.25, -0.2) is 0 Å². The smallest absolute Gasteiger partial charge is 0.119 e. The summed E-state index contributed by atoms with van der Waals surface area (Å²) in [5, 5.41) is 3.40. The van der Waals surface area contributed by atoms with E-state index in [1.54, 1.807) is 0 Å². The average Bonchev–Trinajstić information content (AvgIpc) is 2.33. The standard InChI is InChI=1S/C16H27NO/c1-6-11-18-14-9-7-13(8-10-14)15(17-5)12-16(2,3)4/h7-10,15,17H,6,11-12H2,1-5H3. The van der Waals surface area contributed by atoms with Gasteiger partial charge in [0, 0.05) is 6.04 Å². The molecule has 0 bridgehead atoms. The first-order chi connectivity index (χ1) is 8.46. The number of ether oxygens (including phenoxy) is 1. The predicted octanol–water partition coefficient (Wildman–Crippen LogP) is 4.17. The zero-order valence-electron chi connectivity index (χ0n) is 12.4. The molecule has 2 heteroatoms. The lowest BCUT2D eigenvalue weighted by Gasteiger charge is -2.26. The molecule has 18 heavy (non-hydrogen) atoms. The Labute approximate surface area is 112 Å². The summed E-state index contributed by atoms with van der Waals surface area (Å²) in [6, 6.07) is 8.87. The number of hydrogen-bond donors (Lipinski definition) is 1. The van der Waals surface area contributed by atoms with Crippen molar-refractivity contribution in [1.29, 1.82) is 0 Å². The predicted molar refractivity (Wildman–Crippen MR) is 78.1 cm³/mol. The first-order valence-corrected chi connectivity index (χ1v) is 6.86. The molecule has 0 aliphatic rings. The van der Waals surface area contributed by atoms with E-state index in [1.165, 1.54) is 5.56 Å². The van der Waals surface area contributed by atoms with Crippen molar-refractivity contribution in [2.75, 3.05) is 13.7 Å². The Kier molecular flexibility index (Phi) is 5.67.